The Bertz CT molecular complexity index is 383. The van der Waals surface area contributed by atoms with Gasteiger partial charge in [0.15, 0.2) is 0 Å². The quantitative estimate of drug-likeness (QED) is 0.774. The average molecular weight is 226 g/mol. The first kappa shape index (κ1) is 11.0. The van der Waals surface area contributed by atoms with Crippen LogP contribution in [0.3, 0.4) is 0 Å². The molecule has 86 valence electrons. The molecule has 2 rings (SSSR count). The second kappa shape index (κ2) is 4.17. The second-order valence-electron chi connectivity index (χ2n) is 3.90. The third kappa shape index (κ3) is 2.04. The van der Waals surface area contributed by atoms with E-state index in [1.54, 1.807) is 0 Å². The van der Waals surface area contributed by atoms with Gasteiger partial charge in [0, 0.05) is 12.1 Å². The number of hydrogen-bond acceptors (Lipinski definition) is 2. The van der Waals surface area contributed by atoms with E-state index in [4.69, 9.17) is 5.73 Å². The predicted molar refractivity (Wildman–Crippen MR) is 55.2 cm³/mol. The minimum atomic E-state index is -1.18. The van der Waals surface area contributed by atoms with Gasteiger partial charge in [-0.3, -0.25) is 4.79 Å². The molecule has 5 heteroatoms. The van der Waals surface area contributed by atoms with E-state index in [1.807, 2.05) is 0 Å². The number of carbonyl (C=O) groups is 1. The Morgan fingerprint density at radius 1 is 1.31 bits per heavy atom. The zero-order chi connectivity index (χ0) is 11.7. The highest BCUT2D eigenvalue weighted by atomic mass is 19.1. The fraction of sp³-hybridized carbons (Fsp3) is 0.364. The summed E-state index contributed by atoms with van der Waals surface area (Å²) < 4.78 is 25.8. The van der Waals surface area contributed by atoms with Crippen LogP contribution in [0.5, 0.6) is 0 Å². The Morgan fingerprint density at radius 3 is 2.44 bits per heavy atom. The van der Waals surface area contributed by atoms with E-state index in [9.17, 15) is 13.6 Å². The Morgan fingerprint density at radius 2 is 1.94 bits per heavy atom. The highest BCUT2D eigenvalue weighted by molar-refractivity contribution is 5.94. The van der Waals surface area contributed by atoms with Gasteiger partial charge in [-0.25, -0.2) is 8.78 Å². The monoisotopic (exact) mass is 226 g/mol. The maximum absolute atomic E-state index is 13.1. The summed E-state index contributed by atoms with van der Waals surface area (Å²) >= 11 is 0. The van der Waals surface area contributed by atoms with Gasteiger partial charge in [0.2, 0.25) is 0 Å². The smallest absolute Gasteiger partial charge is 0.254 e. The Labute approximate surface area is 91.8 Å². The molecule has 1 unspecified atom stereocenters. The van der Waals surface area contributed by atoms with Crippen molar-refractivity contribution in [2.75, 3.05) is 13.1 Å². The van der Waals surface area contributed by atoms with Crippen LogP contribution in [-0.2, 0) is 0 Å². The van der Waals surface area contributed by atoms with Gasteiger partial charge in [0.25, 0.3) is 5.91 Å². The Kier molecular flexibility index (Phi) is 2.87. The third-order valence-corrected chi connectivity index (χ3v) is 2.67. The van der Waals surface area contributed by atoms with Crippen LogP contribution in [0.4, 0.5) is 8.78 Å². The minimum Gasteiger partial charge on any atom is -0.334 e. The van der Waals surface area contributed by atoms with Gasteiger partial charge >= 0.3 is 0 Å². The van der Waals surface area contributed by atoms with E-state index in [2.05, 4.69) is 0 Å². The topological polar surface area (TPSA) is 46.3 Å². The number of hydrogen-bond donors (Lipinski definition) is 1. The number of carbonyl (C=O) groups excluding carboxylic acids is 1. The van der Waals surface area contributed by atoms with E-state index in [1.165, 1.54) is 29.2 Å². The number of likely N-dealkylation sites (tertiary alicyclic amines) is 1. The van der Waals surface area contributed by atoms with Crippen LogP contribution in [0.2, 0.25) is 0 Å². The van der Waals surface area contributed by atoms with Gasteiger partial charge in [-0.1, -0.05) is 0 Å². The number of halogens is 2. The van der Waals surface area contributed by atoms with Crippen molar-refractivity contribution in [3.63, 3.8) is 0 Å². The SMILES string of the molecule is N[C@@H]1CN(C(=O)c2ccc(F)cc2)CC1F. The molecule has 2 N–H and O–H groups in total. The van der Waals surface area contributed by atoms with Crippen LogP contribution in [0.1, 0.15) is 10.4 Å². The molecule has 1 fully saturated rings. The van der Waals surface area contributed by atoms with Crippen molar-refractivity contribution in [1.82, 2.24) is 4.90 Å². The molecule has 0 radical (unpaired) electrons. The highest BCUT2D eigenvalue weighted by Crippen LogP contribution is 2.15. The van der Waals surface area contributed by atoms with Crippen LogP contribution in [0, 0.1) is 5.82 Å². The number of benzene rings is 1. The summed E-state index contributed by atoms with van der Waals surface area (Å²) in [5.74, 6) is -0.714. The van der Waals surface area contributed by atoms with E-state index in [-0.39, 0.29) is 19.0 Å². The molecule has 1 aliphatic heterocycles. The lowest BCUT2D eigenvalue weighted by molar-refractivity contribution is 0.0782. The summed E-state index contributed by atoms with van der Waals surface area (Å²) in [4.78, 5) is 13.2. The van der Waals surface area contributed by atoms with Crippen molar-refractivity contribution in [2.24, 2.45) is 5.73 Å². The van der Waals surface area contributed by atoms with Crippen molar-refractivity contribution in [3.8, 4) is 0 Å². The first-order valence-corrected chi connectivity index (χ1v) is 5.02. The number of amides is 1. The highest BCUT2D eigenvalue weighted by Gasteiger charge is 2.33. The van der Waals surface area contributed by atoms with Gasteiger partial charge in [-0.2, -0.15) is 0 Å². The summed E-state index contributed by atoms with van der Waals surface area (Å²) in [7, 11) is 0. The lowest BCUT2D eigenvalue weighted by Gasteiger charge is -2.15. The molecule has 0 spiro atoms. The molecule has 1 aliphatic rings. The van der Waals surface area contributed by atoms with Gasteiger partial charge in [-0.05, 0) is 24.3 Å². The molecule has 1 amide bonds. The Hall–Kier alpha value is -1.49. The maximum Gasteiger partial charge on any atom is 0.254 e. The summed E-state index contributed by atoms with van der Waals surface area (Å²) in [5.41, 5.74) is 5.83. The first-order valence-electron chi connectivity index (χ1n) is 5.02. The molecule has 0 saturated carbocycles. The molecule has 1 aromatic carbocycles. The van der Waals surface area contributed by atoms with E-state index in [0.29, 0.717) is 5.56 Å². The van der Waals surface area contributed by atoms with Crippen LogP contribution in [0.25, 0.3) is 0 Å². The number of nitrogens with two attached hydrogens (primary N) is 1. The molecular formula is C11H12F2N2O. The average Bonchev–Trinajstić information content (AvgIpc) is 2.59. The third-order valence-electron chi connectivity index (χ3n) is 2.67. The van der Waals surface area contributed by atoms with Crippen molar-refractivity contribution >= 4 is 5.91 Å². The van der Waals surface area contributed by atoms with Crippen LogP contribution in [0.15, 0.2) is 24.3 Å². The van der Waals surface area contributed by atoms with Gasteiger partial charge in [-0.15, -0.1) is 0 Å². The van der Waals surface area contributed by atoms with Gasteiger partial charge in [0.05, 0.1) is 12.6 Å². The molecule has 1 aromatic rings. The van der Waals surface area contributed by atoms with Gasteiger partial charge in [0.1, 0.15) is 12.0 Å². The summed E-state index contributed by atoms with van der Waals surface area (Å²) in [6, 6.07) is 4.56. The van der Waals surface area contributed by atoms with Crippen LogP contribution >= 0.6 is 0 Å². The Balaban J connectivity index is 2.11. The fourth-order valence-corrected chi connectivity index (χ4v) is 1.73. The lowest BCUT2D eigenvalue weighted by atomic mass is 10.2. The number of nitrogens with zero attached hydrogens (tertiary/aromatic N) is 1. The normalized spacial score (nSPS) is 24.8. The first-order chi connectivity index (χ1) is 7.58. The molecular weight excluding hydrogens is 214 g/mol. The van der Waals surface area contributed by atoms with Crippen molar-refractivity contribution < 1.29 is 13.6 Å². The summed E-state index contributed by atoms with van der Waals surface area (Å²) in [5, 5.41) is 0. The maximum atomic E-state index is 13.1. The largest absolute Gasteiger partial charge is 0.334 e. The summed E-state index contributed by atoms with van der Waals surface area (Å²) in [6.07, 6.45) is -1.18. The summed E-state index contributed by atoms with van der Waals surface area (Å²) in [6.45, 7) is 0.217. The van der Waals surface area contributed by atoms with Crippen LogP contribution < -0.4 is 5.73 Å². The van der Waals surface area contributed by atoms with E-state index < -0.39 is 18.0 Å². The molecule has 0 aromatic heterocycles. The molecule has 16 heavy (non-hydrogen) atoms. The molecule has 0 bridgehead atoms. The zero-order valence-corrected chi connectivity index (χ0v) is 8.57. The minimum absolute atomic E-state index is 0.0113. The van der Waals surface area contributed by atoms with E-state index in [0.717, 1.165) is 0 Å². The fourth-order valence-electron chi connectivity index (χ4n) is 1.73. The molecule has 2 atom stereocenters. The zero-order valence-electron chi connectivity index (χ0n) is 8.57. The standard InChI is InChI=1S/C11H12F2N2O/c12-8-3-1-7(2-4-8)11(16)15-5-9(13)10(14)6-15/h1-4,9-10H,5-6,14H2/t9?,10-/m1/s1. The predicted octanol–water partition coefficient (Wildman–Crippen LogP) is 0.947. The number of rotatable bonds is 1. The molecule has 0 aliphatic carbocycles. The number of alkyl halides is 1. The molecule has 1 heterocycles. The van der Waals surface area contributed by atoms with Crippen molar-refractivity contribution in [1.29, 1.82) is 0 Å². The van der Waals surface area contributed by atoms with E-state index >= 15 is 0 Å². The van der Waals surface area contributed by atoms with Crippen LogP contribution in [-0.4, -0.2) is 36.1 Å². The molecule has 3 nitrogen and oxygen atoms in total. The van der Waals surface area contributed by atoms with Crippen molar-refractivity contribution in [2.45, 2.75) is 12.2 Å². The lowest BCUT2D eigenvalue weighted by Crippen LogP contribution is -2.32. The second-order valence-corrected chi connectivity index (χ2v) is 3.90. The van der Waals surface area contributed by atoms with Crippen molar-refractivity contribution in [3.05, 3.63) is 35.6 Å². The van der Waals surface area contributed by atoms with Gasteiger partial charge < -0.3 is 10.6 Å². The molecule has 1 saturated heterocycles.